The van der Waals surface area contributed by atoms with Crippen LogP contribution in [0, 0.1) is 0 Å². The molecule has 1 amide bonds. The number of hydrogen-bond donors (Lipinski definition) is 0. The fraction of sp³-hybridized carbons (Fsp3) is 0.150. The van der Waals surface area contributed by atoms with Crippen LogP contribution in [0.2, 0.25) is 0 Å². The van der Waals surface area contributed by atoms with Gasteiger partial charge in [0.05, 0.1) is 17.2 Å². The van der Waals surface area contributed by atoms with E-state index in [1.54, 1.807) is 24.3 Å². The van der Waals surface area contributed by atoms with Crippen LogP contribution in [0.1, 0.15) is 19.4 Å². The van der Waals surface area contributed by atoms with Gasteiger partial charge in [-0.3, -0.25) is 14.5 Å². The molecule has 0 N–H and O–H groups in total. The first-order valence-electron chi connectivity index (χ1n) is 8.28. The summed E-state index contributed by atoms with van der Waals surface area (Å²) < 4.78 is 11.2. The molecule has 27 heavy (non-hydrogen) atoms. The van der Waals surface area contributed by atoms with E-state index in [4.69, 9.17) is 21.7 Å². The fourth-order valence-electron chi connectivity index (χ4n) is 2.54. The lowest BCUT2D eigenvalue weighted by atomic mass is 10.1. The summed E-state index contributed by atoms with van der Waals surface area (Å²) in [6.07, 6.45) is 1.75. The van der Waals surface area contributed by atoms with Crippen LogP contribution in [0.15, 0.2) is 53.4 Å². The predicted molar refractivity (Wildman–Crippen MR) is 111 cm³/mol. The molecule has 2 aromatic carbocycles. The second-order valence-corrected chi connectivity index (χ2v) is 7.26. The largest absolute Gasteiger partial charge is 0.490 e. The number of carbonyl (C=O) groups excluding carboxylic acids is 2. The number of hydrogen-bond acceptors (Lipinski definition) is 6. The van der Waals surface area contributed by atoms with Crippen LogP contribution in [0.25, 0.3) is 6.08 Å². The van der Waals surface area contributed by atoms with E-state index in [1.165, 1.54) is 23.6 Å². The number of nitrogens with zero attached hydrogens (tertiary/aromatic N) is 1. The van der Waals surface area contributed by atoms with E-state index >= 15 is 0 Å². The van der Waals surface area contributed by atoms with Gasteiger partial charge in [0.15, 0.2) is 15.8 Å². The van der Waals surface area contributed by atoms with E-state index in [0.717, 1.165) is 11.3 Å². The Bertz CT molecular complexity index is 925. The van der Waals surface area contributed by atoms with E-state index in [0.29, 0.717) is 27.3 Å². The number of thioether (sulfide) groups is 1. The molecule has 0 spiro atoms. The Labute approximate surface area is 167 Å². The molecule has 1 aliphatic heterocycles. The molecule has 7 heteroatoms. The van der Waals surface area contributed by atoms with Crippen molar-refractivity contribution in [2.45, 2.75) is 13.8 Å². The van der Waals surface area contributed by atoms with Crippen molar-refractivity contribution in [2.24, 2.45) is 0 Å². The third kappa shape index (κ3) is 4.37. The zero-order valence-corrected chi connectivity index (χ0v) is 16.4. The van der Waals surface area contributed by atoms with Crippen molar-refractivity contribution in [3.8, 4) is 11.5 Å². The molecule has 1 saturated heterocycles. The van der Waals surface area contributed by atoms with Gasteiger partial charge in [0, 0.05) is 6.92 Å². The minimum atomic E-state index is -0.424. The number of anilines is 1. The standard InChI is InChI=1S/C20H17NO4S2/c1-3-24-17-11-14(9-10-16(17)25-13(2)22)12-18-19(23)21(20(26)27-18)15-7-5-4-6-8-15/h4-12H,3H2,1-2H3/b18-12+. The van der Waals surface area contributed by atoms with E-state index < -0.39 is 5.97 Å². The summed E-state index contributed by atoms with van der Waals surface area (Å²) >= 11 is 6.62. The average molecular weight is 399 g/mol. The van der Waals surface area contributed by atoms with E-state index in [9.17, 15) is 9.59 Å². The molecule has 0 radical (unpaired) electrons. The minimum absolute atomic E-state index is 0.168. The number of ether oxygens (including phenoxy) is 2. The Hall–Kier alpha value is -2.64. The first-order chi connectivity index (χ1) is 13.0. The molecule has 0 aliphatic carbocycles. The summed E-state index contributed by atoms with van der Waals surface area (Å²) in [5.74, 6) is 0.198. The maximum Gasteiger partial charge on any atom is 0.308 e. The normalized spacial score (nSPS) is 15.3. The van der Waals surface area contributed by atoms with Crippen LogP contribution >= 0.6 is 24.0 Å². The van der Waals surface area contributed by atoms with Gasteiger partial charge in [0.25, 0.3) is 5.91 Å². The lowest BCUT2D eigenvalue weighted by molar-refractivity contribution is -0.132. The number of rotatable bonds is 5. The van der Waals surface area contributed by atoms with Crippen molar-refractivity contribution < 1.29 is 19.1 Å². The zero-order chi connectivity index (χ0) is 19.4. The molecule has 3 rings (SSSR count). The number of carbonyl (C=O) groups is 2. The van der Waals surface area contributed by atoms with Crippen LogP contribution in [-0.4, -0.2) is 22.8 Å². The first-order valence-corrected chi connectivity index (χ1v) is 9.50. The molecule has 0 atom stereocenters. The smallest absolute Gasteiger partial charge is 0.308 e. The maximum atomic E-state index is 12.8. The van der Waals surface area contributed by atoms with Crippen molar-refractivity contribution in [1.29, 1.82) is 0 Å². The highest BCUT2D eigenvalue weighted by Crippen LogP contribution is 2.37. The lowest BCUT2D eigenvalue weighted by Crippen LogP contribution is -2.27. The molecule has 0 saturated carbocycles. The van der Waals surface area contributed by atoms with E-state index in [1.807, 2.05) is 37.3 Å². The maximum absolute atomic E-state index is 12.8. The van der Waals surface area contributed by atoms with E-state index in [2.05, 4.69) is 0 Å². The Morgan fingerprint density at radius 2 is 1.93 bits per heavy atom. The van der Waals surface area contributed by atoms with E-state index in [-0.39, 0.29) is 5.91 Å². The Balaban J connectivity index is 1.90. The molecule has 1 aliphatic rings. The summed E-state index contributed by atoms with van der Waals surface area (Å²) in [4.78, 5) is 26.1. The van der Waals surface area contributed by atoms with Gasteiger partial charge in [-0.25, -0.2) is 0 Å². The van der Waals surface area contributed by atoms with Gasteiger partial charge in [-0.15, -0.1) is 0 Å². The minimum Gasteiger partial charge on any atom is -0.490 e. The molecule has 138 valence electrons. The number of amides is 1. The molecule has 2 aromatic rings. The van der Waals surface area contributed by atoms with Gasteiger partial charge in [-0.05, 0) is 42.8 Å². The third-order valence-electron chi connectivity index (χ3n) is 3.63. The number of para-hydroxylation sites is 1. The van der Waals surface area contributed by atoms with Gasteiger partial charge in [-0.2, -0.15) is 0 Å². The first kappa shape index (κ1) is 19.1. The molecule has 0 bridgehead atoms. The SMILES string of the molecule is CCOc1cc(/C=C2/SC(=S)N(c3ccccc3)C2=O)ccc1OC(C)=O. The Morgan fingerprint density at radius 3 is 2.59 bits per heavy atom. The highest BCUT2D eigenvalue weighted by molar-refractivity contribution is 8.27. The number of benzene rings is 2. The summed E-state index contributed by atoms with van der Waals surface area (Å²) in [6, 6.07) is 14.4. The third-order valence-corrected chi connectivity index (χ3v) is 4.93. The summed E-state index contributed by atoms with van der Waals surface area (Å²) in [6.45, 7) is 3.60. The lowest BCUT2D eigenvalue weighted by Gasteiger charge is -2.13. The van der Waals surface area contributed by atoms with Gasteiger partial charge in [0.1, 0.15) is 0 Å². The summed E-state index contributed by atoms with van der Waals surface area (Å²) in [5, 5.41) is 0. The molecule has 1 heterocycles. The molecular weight excluding hydrogens is 382 g/mol. The Morgan fingerprint density at radius 1 is 1.19 bits per heavy atom. The molecule has 1 fully saturated rings. The zero-order valence-electron chi connectivity index (χ0n) is 14.8. The summed E-state index contributed by atoms with van der Waals surface area (Å²) in [7, 11) is 0. The second-order valence-electron chi connectivity index (χ2n) is 5.59. The average Bonchev–Trinajstić information content (AvgIpc) is 2.91. The summed E-state index contributed by atoms with van der Waals surface area (Å²) in [5.41, 5.74) is 1.49. The van der Waals surface area contributed by atoms with Crippen molar-refractivity contribution in [3.05, 3.63) is 59.0 Å². The van der Waals surface area contributed by atoms with Crippen LogP contribution in [0.4, 0.5) is 5.69 Å². The topological polar surface area (TPSA) is 55.8 Å². The van der Waals surface area contributed by atoms with Gasteiger partial charge in [-0.1, -0.05) is 48.2 Å². The van der Waals surface area contributed by atoms with Crippen molar-refractivity contribution in [2.75, 3.05) is 11.5 Å². The van der Waals surface area contributed by atoms with Crippen LogP contribution in [0.5, 0.6) is 11.5 Å². The van der Waals surface area contributed by atoms with Crippen LogP contribution in [-0.2, 0) is 9.59 Å². The van der Waals surface area contributed by atoms with Gasteiger partial charge >= 0.3 is 5.97 Å². The number of thiocarbonyl (C=S) groups is 1. The number of esters is 1. The molecule has 0 unspecified atom stereocenters. The molecule has 0 aromatic heterocycles. The molecule has 5 nitrogen and oxygen atoms in total. The highest BCUT2D eigenvalue weighted by Gasteiger charge is 2.33. The quantitative estimate of drug-likeness (QED) is 0.321. The fourth-order valence-corrected chi connectivity index (χ4v) is 3.84. The van der Waals surface area contributed by atoms with Gasteiger partial charge in [0.2, 0.25) is 0 Å². The van der Waals surface area contributed by atoms with Gasteiger partial charge < -0.3 is 9.47 Å². The van der Waals surface area contributed by atoms with Crippen molar-refractivity contribution >= 4 is 51.9 Å². The van der Waals surface area contributed by atoms with Crippen molar-refractivity contribution in [3.63, 3.8) is 0 Å². The van der Waals surface area contributed by atoms with Crippen molar-refractivity contribution in [1.82, 2.24) is 0 Å². The second kappa shape index (κ2) is 8.37. The monoisotopic (exact) mass is 399 g/mol. The van der Waals surface area contributed by atoms with Crippen LogP contribution < -0.4 is 14.4 Å². The predicted octanol–water partition coefficient (Wildman–Crippen LogP) is 4.42. The highest BCUT2D eigenvalue weighted by atomic mass is 32.2. The Kier molecular flexibility index (Phi) is 5.93. The van der Waals surface area contributed by atoms with Crippen LogP contribution in [0.3, 0.4) is 0 Å². The molecular formula is C20H17NO4S2.